The first-order valence-electron chi connectivity index (χ1n) is 7.81. The van der Waals surface area contributed by atoms with Crippen LogP contribution in [0.1, 0.15) is 41.6 Å². The number of benzene rings is 2. The highest BCUT2D eigenvalue weighted by Crippen LogP contribution is 2.22. The van der Waals surface area contributed by atoms with Gasteiger partial charge >= 0.3 is 0 Å². The van der Waals surface area contributed by atoms with Gasteiger partial charge in [0.1, 0.15) is 0 Å². The Hall–Kier alpha value is -2.06. The highest BCUT2D eigenvalue weighted by Gasteiger charge is 2.13. The van der Waals surface area contributed by atoms with E-state index in [9.17, 15) is 4.79 Å². The van der Waals surface area contributed by atoms with Crippen LogP contribution in [0.25, 0.3) is 6.08 Å². The molecule has 1 atom stereocenters. The Morgan fingerprint density at radius 1 is 1.22 bits per heavy atom. The second kappa shape index (κ2) is 7.98. The summed E-state index contributed by atoms with van der Waals surface area (Å²) in [6.07, 6.45) is 4.12. The standard InChI is InChI=1S/C20H22ClNO/c1-4-19(17-11-9-14(2)13-15(17)3)22-20(23)12-10-16-7-5-6-8-18(16)21/h5-13,19H,4H2,1-3H3,(H,22,23)/b12-10+/t19-/m1/s1. The van der Waals surface area contributed by atoms with Gasteiger partial charge in [-0.3, -0.25) is 4.79 Å². The number of aryl methyl sites for hydroxylation is 2. The first kappa shape index (κ1) is 17.3. The van der Waals surface area contributed by atoms with Crippen LogP contribution in [0.4, 0.5) is 0 Å². The summed E-state index contributed by atoms with van der Waals surface area (Å²) in [6.45, 7) is 6.22. The van der Waals surface area contributed by atoms with Gasteiger partial charge < -0.3 is 5.32 Å². The van der Waals surface area contributed by atoms with Crippen LogP contribution >= 0.6 is 11.6 Å². The summed E-state index contributed by atoms with van der Waals surface area (Å²) in [5, 5.41) is 3.70. The molecule has 0 aliphatic carbocycles. The molecule has 120 valence electrons. The number of rotatable bonds is 5. The number of nitrogens with one attached hydrogen (secondary N) is 1. The van der Waals surface area contributed by atoms with E-state index in [1.54, 1.807) is 6.08 Å². The summed E-state index contributed by atoms with van der Waals surface area (Å²) in [7, 11) is 0. The third-order valence-electron chi connectivity index (χ3n) is 3.84. The van der Waals surface area contributed by atoms with Gasteiger partial charge in [0.25, 0.3) is 0 Å². The molecule has 0 radical (unpaired) electrons. The van der Waals surface area contributed by atoms with Crippen molar-refractivity contribution >= 4 is 23.6 Å². The molecule has 2 aromatic carbocycles. The normalized spacial score (nSPS) is 12.3. The van der Waals surface area contributed by atoms with E-state index in [1.807, 2.05) is 24.3 Å². The zero-order valence-corrected chi connectivity index (χ0v) is 14.5. The Bertz CT molecular complexity index is 721. The third-order valence-corrected chi connectivity index (χ3v) is 4.19. The molecule has 2 nitrogen and oxygen atoms in total. The zero-order valence-electron chi connectivity index (χ0n) is 13.8. The zero-order chi connectivity index (χ0) is 16.8. The minimum Gasteiger partial charge on any atom is -0.346 e. The van der Waals surface area contributed by atoms with Gasteiger partial charge in [0.05, 0.1) is 6.04 Å². The number of carbonyl (C=O) groups is 1. The van der Waals surface area contributed by atoms with Gasteiger partial charge in [0.15, 0.2) is 0 Å². The lowest BCUT2D eigenvalue weighted by molar-refractivity contribution is -0.117. The van der Waals surface area contributed by atoms with Crippen molar-refractivity contribution in [2.75, 3.05) is 0 Å². The predicted molar refractivity (Wildman–Crippen MR) is 97.6 cm³/mol. The summed E-state index contributed by atoms with van der Waals surface area (Å²) in [6, 6.07) is 13.8. The molecule has 2 aromatic rings. The summed E-state index contributed by atoms with van der Waals surface area (Å²) < 4.78 is 0. The SMILES string of the molecule is CC[C@@H](NC(=O)/C=C/c1ccccc1Cl)c1ccc(C)cc1C. The fourth-order valence-electron chi connectivity index (χ4n) is 2.61. The molecule has 23 heavy (non-hydrogen) atoms. The van der Waals surface area contributed by atoms with Crippen molar-refractivity contribution in [1.82, 2.24) is 5.32 Å². The minimum atomic E-state index is -0.114. The van der Waals surface area contributed by atoms with E-state index in [0.717, 1.165) is 17.5 Å². The highest BCUT2D eigenvalue weighted by atomic mass is 35.5. The maximum Gasteiger partial charge on any atom is 0.244 e. The van der Waals surface area contributed by atoms with Crippen LogP contribution < -0.4 is 5.32 Å². The highest BCUT2D eigenvalue weighted by molar-refractivity contribution is 6.32. The topological polar surface area (TPSA) is 29.1 Å². The van der Waals surface area contributed by atoms with Crippen LogP contribution in [0.5, 0.6) is 0 Å². The molecule has 1 amide bonds. The molecule has 0 unspecified atom stereocenters. The summed E-state index contributed by atoms with van der Waals surface area (Å²) in [5.74, 6) is -0.114. The molecule has 1 N–H and O–H groups in total. The lowest BCUT2D eigenvalue weighted by Crippen LogP contribution is -2.26. The molecule has 0 fully saturated rings. The first-order chi connectivity index (χ1) is 11.0. The van der Waals surface area contributed by atoms with Crippen LogP contribution in [-0.4, -0.2) is 5.91 Å². The van der Waals surface area contributed by atoms with E-state index in [2.05, 4.69) is 44.3 Å². The van der Waals surface area contributed by atoms with Crippen LogP contribution in [0.2, 0.25) is 5.02 Å². The maximum absolute atomic E-state index is 12.2. The molecule has 0 aliphatic heterocycles. The van der Waals surface area contributed by atoms with E-state index in [1.165, 1.54) is 17.2 Å². The fraction of sp³-hybridized carbons (Fsp3) is 0.250. The molecule has 0 bridgehead atoms. The molecular formula is C20H22ClNO. The molecule has 0 saturated heterocycles. The summed E-state index contributed by atoms with van der Waals surface area (Å²) in [4.78, 5) is 12.2. The van der Waals surface area contributed by atoms with Crippen molar-refractivity contribution in [3.63, 3.8) is 0 Å². The van der Waals surface area contributed by atoms with Crippen LogP contribution in [0, 0.1) is 13.8 Å². The molecular weight excluding hydrogens is 306 g/mol. The Balaban J connectivity index is 2.09. The van der Waals surface area contributed by atoms with Crippen molar-refractivity contribution in [2.45, 2.75) is 33.2 Å². The fourth-order valence-corrected chi connectivity index (χ4v) is 2.81. The predicted octanol–water partition coefficient (Wildman–Crippen LogP) is 5.24. The quantitative estimate of drug-likeness (QED) is 0.748. The Morgan fingerprint density at radius 2 is 1.96 bits per heavy atom. The van der Waals surface area contributed by atoms with Crippen molar-refractivity contribution < 1.29 is 4.79 Å². The maximum atomic E-state index is 12.2. The molecule has 2 rings (SSSR count). The van der Waals surface area contributed by atoms with E-state index >= 15 is 0 Å². The lowest BCUT2D eigenvalue weighted by atomic mass is 9.97. The Labute approximate surface area is 143 Å². The molecule has 0 spiro atoms. The van der Waals surface area contributed by atoms with Crippen molar-refractivity contribution in [1.29, 1.82) is 0 Å². The van der Waals surface area contributed by atoms with E-state index in [-0.39, 0.29) is 11.9 Å². The monoisotopic (exact) mass is 327 g/mol. The smallest absolute Gasteiger partial charge is 0.244 e. The van der Waals surface area contributed by atoms with Crippen molar-refractivity contribution in [2.24, 2.45) is 0 Å². The number of halogens is 1. The van der Waals surface area contributed by atoms with E-state index in [0.29, 0.717) is 5.02 Å². The minimum absolute atomic E-state index is 0.0130. The molecule has 0 aromatic heterocycles. The van der Waals surface area contributed by atoms with Gasteiger partial charge in [-0.25, -0.2) is 0 Å². The second-order valence-electron chi connectivity index (χ2n) is 5.68. The van der Waals surface area contributed by atoms with Gasteiger partial charge in [0.2, 0.25) is 5.91 Å². The van der Waals surface area contributed by atoms with Crippen LogP contribution in [0.15, 0.2) is 48.5 Å². The van der Waals surface area contributed by atoms with E-state index in [4.69, 9.17) is 11.6 Å². The number of hydrogen-bond donors (Lipinski definition) is 1. The molecule has 0 saturated carbocycles. The average molecular weight is 328 g/mol. The molecule has 3 heteroatoms. The van der Waals surface area contributed by atoms with Crippen molar-refractivity contribution in [3.05, 3.63) is 75.8 Å². The van der Waals surface area contributed by atoms with Gasteiger partial charge in [-0.05, 0) is 49.1 Å². The number of carbonyl (C=O) groups excluding carboxylic acids is 1. The van der Waals surface area contributed by atoms with E-state index < -0.39 is 0 Å². The average Bonchev–Trinajstić information content (AvgIpc) is 2.52. The summed E-state index contributed by atoms with van der Waals surface area (Å²) >= 11 is 6.09. The van der Waals surface area contributed by atoms with Crippen molar-refractivity contribution in [3.8, 4) is 0 Å². The van der Waals surface area contributed by atoms with Crippen LogP contribution in [-0.2, 0) is 4.79 Å². The van der Waals surface area contributed by atoms with Gasteiger partial charge in [-0.2, -0.15) is 0 Å². The Kier molecular flexibility index (Phi) is 6.00. The van der Waals surface area contributed by atoms with Gasteiger partial charge in [-0.1, -0.05) is 60.5 Å². The number of amides is 1. The summed E-state index contributed by atoms with van der Waals surface area (Å²) in [5.41, 5.74) is 4.43. The lowest BCUT2D eigenvalue weighted by Gasteiger charge is -2.19. The molecule has 0 aliphatic rings. The molecule has 0 heterocycles. The third kappa shape index (κ3) is 4.70. The van der Waals surface area contributed by atoms with Gasteiger partial charge in [0, 0.05) is 11.1 Å². The Morgan fingerprint density at radius 3 is 2.61 bits per heavy atom. The first-order valence-corrected chi connectivity index (χ1v) is 8.19. The van der Waals surface area contributed by atoms with Gasteiger partial charge in [-0.15, -0.1) is 0 Å². The number of hydrogen-bond acceptors (Lipinski definition) is 1. The second-order valence-corrected chi connectivity index (χ2v) is 6.09. The largest absolute Gasteiger partial charge is 0.346 e. The van der Waals surface area contributed by atoms with Crippen LogP contribution in [0.3, 0.4) is 0 Å².